The molecule has 2 aromatic rings. The van der Waals surface area contributed by atoms with Gasteiger partial charge in [-0.2, -0.15) is 0 Å². The summed E-state index contributed by atoms with van der Waals surface area (Å²) in [5.41, 5.74) is 2.16. The molecule has 0 unspecified atom stereocenters. The summed E-state index contributed by atoms with van der Waals surface area (Å²) in [6, 6.07) is 14.2. The molecule has 92 valence electrons. The van der Waals surface area contributed by atoms with E-state index in [-0.39, 0.29) is 0 Å². The normalized spacial score (nSPS) is 11.3. The predicted molar refractivity (Wildman–Crippen MR) is 80.2 cm³/mol. The first kappa shape index (κ1) is 12.7. The van der Waals surface area contributed by atoms with Crippen LogP contribution in [0.1, 0.15) is 13.3 Å². The van der Waals surface area contributed by atoms with Crippen molar-refractivity contribution in [3.05, 3.63) is 66.0 Å². The van der Waals surface area contributed by atoms with Crippen LogP contribution in [0.2, 0.25) is 0 Å². The molecule has 0 aliphatic carbocycles. The Bertz CT molecular complexity index is 469. The summed E-state index contributed by atoms with van der Waals surface area (Å²) < 4.78 is 0. The van der Waals surface area contributed by atoms with E-state index in [0.717, 1.165) is 22.8 Å². The molecular formula is C15H16N2S. The second-order valence-electron chi connectivity index (χ2n) is 3.85. The zero-order valence-electron chi connectivity index (χ0n) is 10.3. The molecule has 1 aromatic heterocycles. The molecular weight excluding hydrogens is 240 g/mol. The largest absolute Gasteiger partial charge is 0.305 e. The lowest BCUT2D eigenvalue weighted by molar-refractivity contribution is 1.16. The van der Waals surface area contributed by atoms with Crippen LogP contribution in [0.15, 0.2) is 66.0 Å². The molecule has 3 heteroatoms. The first-order valence-corrected chi connectivity index (χ1v) is 6.42. The Morgan fingerprint density at radius 1 is 1.11 bits per heavy atom. The van der Waals surface area contributed by atoms with Gasteiger partial charge in [0.25, 0.3) is 0 Å². The molecule has 1 heterocycles. The van der Waals surface area contributed by atoms with Crippen molar-refractivity contribution in [3.8, 4) is 0 Å². The molecule has 2 nitrogen and oxygen atoms in total. The molecule has 1 aromatic carbocycles. The lowest BCUT2D eigenvalue weighted by Gasteiger charge is -2.24. The van der Waals surface area contributed by atoms with Crippen LogP contribution < -0.4 is 4.90 Å². The third kappa shape index (κ3) is 2.93. The molecule has 0 amide bonds. The van der Waals surface area contributed by atoms with Crippen LogP contribution in [0.25, 0.3) is 0 Å². The van der Waals surface area contributed by atoms with Gasteiger partial charge in [0, 0.05) is 23.8 Å². The maximum atomic E-state index is 4.59. The van der Waals surface area contributed by atoms with Crippen molar-refractivity contribution < 1.29 is 0 Å². The quantitative estimate of drug-likeness (QED) is 0.816. The fourth-order valence-electron chi connectivity index (χ4n) is 1.76. The molecule has 0 fully saturated rings. The zero-order valence-corrected chi connectivity index (χ0v) is 11.2. The average Bonchev–Trinajstić information content (AvgIpc) is 2.42. The summed E-state index contributed by atoms with van der Waals surface area (Å²) in [4.78, 5) is 6.16. The van der Waals surface area contributed by atoms with Crippen molar-refractivity contribution in [3.63, 3.8) is 0 Å². The SMILES string of the molecule is CC/C=C(\S)N(c1ccccc1)c1ccncc1. The summed E-state index contributed by atoms with van der Waals surface area (Å²) in [5.74, 6) is 0. The standard InChI is InChI=1S/C15H16N2S/c1-2-6-15(18)17(13-7-4-3-5-8-13)14-9-11-16-12-10-14/h3-12,18H,2H2,1H3/b15-6-. The number of rotatable bonds is 4. The van der Waals surface area contributed by atoms with Crippen molar-refractivity contribution in [2.45, 2.75) is 13.3 Å². The molecule has 0 spiro atoms. The number of pyridine rings is 1. The molecule has 0 bridgehead atoms. The monoisotopic (exact) mass is 256 g/mol. The Morgan fingerprint density at radius 2 is 1.72 bits per heavy atom. The van der Waals surface area contributed by atoms with Gasteiger partial charge in [-0.25, -0.2) is 0 Å². The van der Waals surface area contributed by atoms with Crippen LogP contribution in [0.5, 0.6) is 0 Å². The molecule has 0 atom stereocenters. The Hall–Kier alpha value is -1.74. The van der Waals surface area contributed by atoms with E-state index in [1.807, 2.05) is 30.3 Å². The van der Waals surface area contributed by atoms with Gasteiger partial charge in [-0.3, -0.25) is 4.98 Å². The number of thiol groups is 1. The third-order valence-corrected chi connectivity index (χ3v) is 2.93. The zero-order chi connectivity index (χ0) is 12.8. The number of hydrogen-bond donors (Lipinski definition) is 1. The van der Waals surface area contributed by atoms with Gasteiger partial charge in [0.15, 0.2) is 0 Å². The Morgan fingerprint density at radius 3 is 2.33 bits per heavy atom. The molecule has 18 heavy (non-hydrogen) atoms. The highest BCUT2D eigenvalue weighted by atomic mass is 32.1. The van der Waals surface area contributed by atoms with Crippen LogP contribution in [-0.4, -0.2) is 4.98 Å². The topological polar surface area (TPSA) is 16.1 Å². The molecule has 0 aliphatic heterocycles. The maximum absolute atomic E-state index is 4.59. The number of para-hydroxylation sites is 1. The van der Waals surface area contributed by atoms with E-state index >= 15 is 0 Å². The van der Waals surface area contributed by atoms with Crippen LogP contribution in [-0.2, 0) is 0 Å². The van der Waals surface area contributed by atoms with Gasteiger partial charge in [0.2, 0.25) is 0 Å². The van der Waals surface area contributed by atoms with E-state index in [1.54, 1.807) is 12.4 Å². The van der Waals surface area contributed by atoms with E-state index in [4.69, 9.17) is 0 Å². The minimum absolute atomic E-state index is 0.926. The highest BCUT2D eigenvalue weighted by Crippen LogP contribution is 2.30. The molecule has 2 rings (SSSR count). The lowest BCUT2D eigenvalue weighted by Crippen LogP contribution is -2.12. The number of allylic oxidation sites excluding steroid dienone is 1. The van der Waals surface area contributed by atoms with E-state index in [9.17, 15) is 0 Å². The minimum atomic E-state index is 0.926. The lowest BCUT2D eigenvalue weighted by atomic mass is 10.2. The second kappa shape index (κ2) is 6.26. The Kier molecular flexibility index (Phi) is 4.42. The van der Waals surface area contributed by atoms with Crippen molar-refractivity contribution >= 4 is 24.0 Å². The molecule has 0 N–H and O–H groups in total. The van der Waals surface area contributed by atoms with Crippen molar-refractivity contribution in [1.82, 2.24) is 4.98 Å². The number of aromatic nitrogens is 1. The smallest absolute Gasteiger partial charge is 0.0726 e. The highest BCUT2D eigenvalue weighted by molar-refractivity contribution is 7.84. The summed E-state index contributed by atoms with van der Waals surface area (Å²) >= 11 is 4.59. The van der Waals surface area contributed by atoms with Gasteiger partial charge in [-0.1, -0.05) is 31.2 Å². The van der Waals surface area contributed by atoms with Gasteiger partial charge in [-0.15, -0.1) is 12.6 Å². The van der Waals surface area contributed by atoms with Crippen LogP contribution in [0, 0.1) is 0 Å². The first-order valence-electron chi connectivity index (χ1n) is 5.97. The number of nitrogens with zero attached hydrogens (tertiary/aromatic N) is 2. The summed E-state index contributed by atoms with van der Waals surface area (Å²) in [5, 5.41) is 0.926. The Balaban J connectivity index is 2.45. The van der Waals surface area contributed by atoms with Gasteiger partial charge in [-0.05, 0) is 30.7 Å². The molecule has 0 radical (unpaired) electrons. The van der Waals surface area contributed by atoms with Gasteiger partial charge < -0.3 is 4.90 Å². The maximum Gasteiger partial charge on any atom is 0.0726 e. The number of hydrogen-bond acceptors (Lipinski definition) is 3. The summed E-state index contributed by atoms with van der Waals surface area (Å²) in [7, 11) is 0. The predicted octanol–water partition coefficient (Wildman–Crippen LogP) is 4.40. The van der Waals surface area contributed by atoms with E-state index in [2.05, 4.69) is 47.6 Å². The highest BCUT2D eigenvalue weighted by Gasteiger charge is 2.10. The van der Waals surface area contributed by atoms with Crippen molar-refractivity contribution in [2.24, 2.45) is 0 Å². The average molecular weight is 256 g/mol. The fraction of sp³-hybridized carbons (Fsp3) is 0.133. The van der Waals surface area contributed by atoms with Gasteiger partial charge >= 0.3 is 0 Å². The van der Waals surface area contributed by atoms with E-state index in [1.165, 1.54) is 0 Å². The summed E-state index contributed by atoms with van der Waals surface area (Å²) in [6.45, 7) is 2.10. The van der Waals surface area contributed by atoms with Gasteiger partial charge in [0.1, 0.15) is 0 Å². The van der Waals surface area contributed by atoms with Crippen molar-refractivity contribution in [2.75, 3.05) is 4.90 Å². The molecule has 0 saturated heterocycles. The van der Waals surface area contributed by atoms with E-state index in [0.29, 0.717) is 0 Å². The molecule has 0 saturated carbocycles. The number of benzene rings is 1. The second-order valence-corrected chi connectivity index (χ2v) is 4.31. The molecule has 0 aliphatic rings. The number of anilines is 2. The fourth-order valence-corrected chi connectivity index (χ4v) is 2.17. The van der Waals surface area contributed by atoms with Crippen LogP contribution in [0.4, 0.5) is 11.4 Å². The van der Waals surface area contributed by atoms with Crippen molar-refractivity contribution in [1.29, 1.82) is 0 Å². The summed E-state index contributed by atoms with van der Waals surface area (Å²) in [6.07, 6.45) is 6.63. The minimum Gasteiger partial charge on any atom is -0.305 e. The van der Waals surface area contributed by atoms with E-state index < -0.39 is 0 Å². The first-order chi connectivity index (χ1) is 8.83. The third-order valence-electron chi connectivity index (χ3n) is 2.55. The van der Waals surface area contributed by atoms with Crippen LogP contribution >= 0.6 is 12.6 Å². The van der Waals surface area contributed by atoms with Crippen LogP contribution in [0.3, 0.4) is 0 Å². The van der Waals surface area contributed by atoms with Gasteiger partial charge in [0.05, 0.1) is 5.03 Å². The Labute approximate surface area is 113 Å².